The Kier molecular flexibility index (Phi) is 4.78. The van der Waals surface area contributed by atoms with E-state index in [9.17, 15) is 4.79 Å². The van der Waals surface area contributed by atoms with Crippen molar-refractivity contribution in [2.75, 3.05) is 5.32 Å². The van der Waals surface area contributed by atoms with Crippen molar-refractivity contribution in [1.82, 2.24) is 5.32 Å². The van der Waals surface area contributed by atoms with Crippen LogP contribution in [0.15, 0.2) is 18.2 Å². The molecule has 92 valence electrons. The lowest BCUT2D eigenvalue weighted by atomic mass is 10.1. The highest BCUT2D eigenvalue weighted by Gasteiger charge is 2.10. The van der Waals surface area contributed by atoms with Crippen LogP contribution in [0.5, 0.6) is 0 Å². The molecule has 0 fully saturated rings. The zero-order chi connectivity index (χ0) is 12.8. The fourth-order valence-corrected chi connectivity index (χ4v) is 1.69. The highest BCUT2D eigenvalue weighted by molar-refractivity contribution is 6.34. The van der Waals surface area contributed by atoms with E-state index in [-0.39, 0.29) is 0 Å². The third-order valence-electron chi connectivity index (χ3n) is 2.11. The van der Waals surface area contributed by atoms with Crippen molar-refractivity contribution >= 4 is 29.3 Å². The van der Waals surface area contributed by atoms with Crippen LogP contribution in [-0.4, -0.2) is 12.0 Å². The number of urea groups is 1. The molecule has 0 saturated heterocycles. The van der Waals surface area contributed by atoms with E-state index >= 15 is 0 Å². The van der Waals surface area contributed by atoms with Crippen molar-refractivity contribution in [3.8, 4) is 0 Å². The molecule has 0 spiro atoms. The second-order valence-electron chi connectivity index (χ2n) is 3.52. The van der Waals surface area contributed by atoms with Gasteiger partial charge in [0.15, 0.2) is 5.96 Å². The molecule has 1 aromatic rings. The fourth-order valence-electron chi connectivity index (χ4n) is 1.45. The van der Waals surface area contributed by atoms with Crippen LogP contribution in [0.4, 0.5) is 10.5 Å². The fraction of sp³-hybridized carbons (Fsp3) is 0.273. The van der Waals surface area contributed by atoms with Crippen LogP contribution in [0.1, 0.15) is 18.9 Å². The zero-order valence-corrected chi connectivity index (χ0v) is 10.3. The van der Waals surface area contributed by atoms with Gasteiger partial charge in [-0.15, -0.1) is 0 Å². The molecule has 2 amide bonds. The van der Waals surface area contributed by atoms with E-state index in [1.165, 1.54) is 0 Å². The van der Waals surface area contributed by atoms with E-state index in [1.54, 1.807) is 6.07 Å². The summed E-state index contributed by atoms with van der Waals surface area (Å²) in [6, 6.07) is 4.87. The Labute approximate surface area is 105 Å². The molecular formula is C11H15ClN4O. The molecule has 0 aromatic heterocycles. The van der Waals surface area contributed by atoms with Gasteiger partial charge >= 0.3 is 6.03 Å². The van der Waals surface area contributed by atoms with Crippen LogP contribution in [0.3, 0.4) is 0 Å². The maximum atomic E-state index is 11.4. The van der Waals surface area contributed by atoms with Crippen LogP contribution in [0.2, 0.25) is 5.02 Å². The number of guanidine groups is 1. The van der Waals surface area contributed by atoms with Gasteiger partial charge in [-0.25, -0.2) is 4.79 Å². The maximum absolute atomic E-state index is 11.4. The minimum absolute atomic E-state index is 0.411. The summed E-state index contributed by atoms with van der Waals surface area (Å²) in [6.45, 7) is 2.04. The Morgan fingerprint density at radius 3 is 2.82 bits per heavy atom. The molecule has 0 unspecified atom stereocenters. The second kappa shape index (κ2) is 6.10. The lowest BCUT2D eigenvalue weighted by Crippen LogP contribution is -2.38. The number of para-hydroxylation sites is 1. The van der Waals surface area contributed by atoms with E-state index in [0.29, 0.717) is 10.7 Å². The van der Waals surface area contributed by atoms with Crippen molar-refractivity contribution in [3.05, 3.63) is 28.8 Å². The molecule has 0 atom stereocenters. The van der Waals surface area contributed by atoms with Crippen LogP contribution in [0.25, 0.3) is 0 Å². The summed E-state index contributed by atoms with van der Waals surface area (Å²) in [4.78, 5) is 11.4. The van der Waals surface area contributed by atoms with E-state index in [1.807, 2.05) is 19.1 Å². The monoisotopic (exact) mass is 254 g/mol. The number of anilines is 1. The molecule has 0 radical (unpaired) electrons. The van der Waals surface area contributed by atoms with Crippen LogP contribution in [0, 0.1) is 5.41 Å². The molecule has 1 aromatic carbocycles. The number of hydrogen-bond donors (Lipinski definition) is 4. The quantitative estimate of drug-likeness (QED) is 0.492. The lowest BCUT2D eigenvalue weighted by Gasteiger charge is -2.12. The molecule has 0 aliphatic rings. The van der Waals surface area contributed by atoms with Gasteiger partial charge in [-0.3, -0.25) is 10.7 Å². The Balaban J connectivity index is 2.88. The lowest BCUT2D eigenvalue weighted by molar-refractivity contribution is 0.256. The summed E-state index contributed by atoms with van der Waals surface area (Å²) < 4.78 is 0. The summed E-state index contributed by atoms with van der Waals surface area (Å²) in [6.07, 6.45) is 1.76. The van der Waals surface area contributed by atoms with Crippen molar-refractivity contribution in [2.24, 2.45) is 5.73 Å². The SMILES string of the molecule is CCCc1cccc(Cl)c1NC(=O)NC(=N)N. The number of nitrogens with two attached hydrogens (primary N) is 1. The Bertz CT molecular complexity index is 433. The van der Waals surface area contributed by atoms with Crippen LogP contribution < -0.4 is 16.4 Å². The Morgan fingerprint density at radius 1 is 1.53 bits per heavy atom. The molecule has 6 heteroatoms. The molecule has 0 saturated carbocycles. The predicted molar refractivity (Wildman–Crippen MR) is 69.5 cm³/mol. The van der Waals surface area contributed by atoms with Gasteiger partial charge in [0.05, 0.1) is 10.7 Å². The van der Waals surface area contributed by atoms with Gasteiger partial charge < -0.3 is 11.1 Å². The van der Waals surface area contributed by atoms with Gasteiger partial charge in [-0.1, -0.05) is 37.1 Å². The van der Waals surface area contributed by atoms with Gasteiger partial charge in [0, 0.05) is 0 Å². The van der Waals surface area contributed by atoms with Gasteiger partial charge in [-0.2, -0.15) is 0 Å². The minimum Gasteiger partial charge on any atom is -0.370 e. The van der Waals surface area contributed by atoms with Gasteiger partial charge in [0.25, 0.3) is 0 Å². The first-order valence-corrected chi connectivity index (χ1v) is 5.61. The third kappa shape index (κ3) is 3.96. The average molecular weight is 255 g/mol. The summed E-state index contributed by atoms with van der Waals surface area (Å²) in [5.74, 6) is -0.411. The van der Waals surface area contributed by atoms with Crippen molar-refractivity contribution in [3.63, 3.8) is 0 Å². The molecule has 5 N–H and O–H groups in total. The van der Waals surface area contributed by atoms with E-state index in [0.717, 1.165) is 18.4 Å². The number of hydrogen-bond acceptors (Lipinski definition) is 2. The molecular weight excluding hydrogens is 240 g/mol. The van der Waals surface area contributed by atoms with Crippen molar-refractivity contribution < 1.29 is 4.79 Å². The molecule has 0 heterocycles. The molecule has 17 heavy (non-hydrogen) atoms. The zero-order valence-electron chi connectivity index (χ0n) is 9.51. The number of halogens is 1. The number of carbonyl (C=O) groups excluding carboxylic acids is 1. The number of benzene rings is 1. The first-order chi connectivity index (χ1) is 8.04. The standard InChI is InChI=1S/C11H15ClN4O/c1-2-4-7-5-3-6-8(12)9(7)15-11(17)16-10(13)14/h3,5-6H,2,4H2,1H3,(H5,13,14,15,16,17). The molecule has 0 aliphatic heterocycles. The Morgan fingerprint density at radius 2 is 2.24 bits per heavy atom. The van der Waals surface area contributed by atoms with E-state index in [4.69, 9.17) is 22.7 Å². The number of rotatable bonds is 3. The summed E-state index contributed by atoms with van der Waals surface area (Å²) >= 11 is 6.02. The normalized spacial score (nSPS) is 9.76. The van der Waals surface area contributed by atoms with Crippen LogP contribution >= 0.6 is 11.6 Å². The minimum atomic E-state index is -0.567. The topological polar surface area (TPSA) is 91.0 Å². The third-order valence-corrected chi connectivity index (χ3v) is 2.42. The van der Waals surface area contributed by atoms with Gasteiger partial charge in [-0.05, 0) is 18.1 Å². The highest BCUT2D eigenvalue weighted by atomic mass is 35.5. The average Bonchev–Trinajstić information content (AvgIpc) is 2.22. The first kappa shape index (κ1) is 13.3. The largest absolute Gasteiger partial charge is 0.370 e. The molecule has 0 bridgehead atoms. The second-order valence-corrected chi connectivity index (χ2v) is 3.92. The van der Waals surface area contributed by atoms with E-state index < -0.39 is 12.0 Å². The Hall–Kier alpha value is -1.75. The molecule has 0 aliphatic carbocycles. The van der Waals surface area contributed by atoms with Crippen molar-refractivity contribution in [2.45, 2.75) is 19.8 Å². The summed E-state index contributed by atoms with van der Waals surface area (Å²) in [5.41, 5.74) is 6.58. The van der Waals surface area contributed by atoms with Gasteiger partial charge in [0.1, 0.15) is 0 Å². The number of aryl methyl sites for hydroxylation is 1. The smallest absolute Gasteiger partial charge is 0.326 e. The van der Waals surface area contributed by atoms with Gasteiger partial charge in [0.2, 0.25) is 0 Å². The molecule has 5 nitrogen and oxygen atoms in total. The number of amides is 2. The summed E-state index contributed by atoms with van der Waals surface area (Å²) in [5, 5.41) is 12.2. The molecule has 1 rings (SSSR count). The predicted octanol–water partition coefficient (Wildman–Crippen LogP) is 2.31. The van der Waals surface area contributed by atoms with E-state index in [2.05, 4.69) is 10.6 Å². The first-order valence-electron chi connectivity index (χ1n) is 5.24. The maximum Gasteiger partial charge on any atom is 0.326 e. The highest BCUT2D eigenvalue weighted by Crippen LogP contribution is 2.26. The number of nitrogens with one attached hydrogen (secondary N) is 3. The number of carbonyl (C=O) groups is 1. The van der Waals surface area contributed by atoms with Crippen LogP contribution in [-0.2, 0) is 6.42 Å². The summed E-state index contributed by atoms with van der Waals surface area (Å²) in [7, 11) is 0. The van der Waals surface area contributed by atoms with Crippen molar-refractivity contribution in [1.29, 1.82) is 5.41 Å².